The first-order valence-electron chi connectivity index (χ1n) is 10.8. The molecule has 0 amide bonds. The molecule has 5 heteroatoms. The molecule has 0 aliphatic carbocycles. The van der Waals surface area contributed by atoms with Gasteiger partial charge in [0.25, 0.3) is 0 Å². The molecular formula is C25H28F3NS. The number of piperidine rings is 1. The van der Waals surface area contributed by atoms with Crippen LogP contribution in [-0.4, -0.2) is 24.5 Å². The fourth-order valence-corrected chi connectivity index (χ4v) is 5.60. The lowest BCUT2D eigenvalue weighted by atomic mass is 9.99. The highest BCUT2D eigenvalue weighted by Gasteiger charge is 2.30. The summed E-state index contributed by atoms with van der Waals surface area (Å²) in [6.45, 7) is 5.77. The Hall–Kier alpha value is -1.85. The standard InChI is InChI=1S/C25H28F3NS/c1-18-24(20-9-11-21(12-10-20)25(26,27)28)22-13-8-19(17-23(22)30-18)7-3-6-16-29-14-4-2-5-15-29/h8-13,17H,2-7,14-16H2,1H3. The van der Waals surface area contributed by atoms with Gasteiger partial charge >= 0.3 is 6.18 Å². The van der Waals surface area contributed by atoms with E-state index in [-0.39, 0.29) is 0 Å². The molecule has 0 bridgehead atoms. The number of fused-ring (bicyclic) bond motifs is 1. The fourth-order valence-electron chi connectivity index (χ4n) is 4.45. The molecule has 0 spiro atoms. The van der Waals surface area contributed by atoms with Gasteiger partial charge in [0.2, 0.25) is 0 Å². The number of unbranched alkanes of at least 4 members (excludes halogenated alkanes) is 1. The smallest absolute Gasteiger partial charge is 0.303 e. The second-order valence-electron chi connectivity index (χ2n) is 8.30. The van der Waals surface area contributed by atoms with Crippen LogP contribution in [0.4, 0.5) is 13.2 Å². The molecule has 0 radical (unpaired) electrons. The van der Waals surface area contributed by atoms with Crippen LogP contribution < -0.4 is 0 Å². The van der Waals surface area contributed by atoms with Crippen LogP contribution >= 0.6 is 11.3 Å². The van der Waals surface area contributed by atoms with Gasteiger partial charge in [0, 0.05) is 20.5 Å². The van der Waals surface area contributed by atoms with E-state index < -0.39 is 11.7 Å². The predicted molar refractivity (Wildman–Crippen MR) is 120 cm³/mol. The molecule has 30 heavy (non-hydrogen) atoms. The third-order valence-corrected chi connectivity index (χ3v) is 7.14. The Morgan fingerprint density at radius 2 is 1.67 bits per heavy atom. The molecule has 1 nitrogen and oxygen atoms in total. The Kier molecular flexibility index (Phi) is 6.49. The number of likely N-dealkylation sites (tertiary alicyclic amines) is 1. The van der Waals surface area contributed by atoms with Gasteiger partial charge in [-0.2, -0.15) is 13.2 Å². The Morgan fingerprint density at radius 1 is 0.933 bits per heavy atom. The molecule has 1 aromatic heterocycles. The average molecular weight is 432 g/mol. The lowest BCUT2D eigenvalue weighted by Crippen LogP contribution is -2.30. The quantitative estimate of drug-likeness (QED) is 0.361. The molecule has 0 atom stereocenters. The van der Waals surface area contributed by atoms with Gasteiger partial charge < -0.3 is 4.90 Å². The van der Waals surface area contributed by atoms with Crippen molar-refractivity contribution < 1.29 is 13.2 Å². The van der Waals surface area contributed by atoms with Crippen molar-refractivity contribution in [3.63, 3.8) is 0 Å². The number of hydrogen-bond acceptors (Lipinski definition) is 2. The minimum Gasteiger partial charge on any atom is -0.303 e. The van der Waals surface area contributed by atoms with Gasteiger partial charge in [0.15, 0.2) is 0 Å². The second kappa shape index (κ2) is 9.11. The summed E-state index contributed by atoms with van der Waals surface area (Å²) in [6, 6.07) is 12.1. The molecule has 1 saturated heterocycles. The molecule has 1 fully saturated rings. The van der Waals surface area contributed by atoms with E-state index in [2.05, 4.69) is 30.0 Å². The number of benzene rings is 2. The van der Waals surface area contributed by atoms with E-state index >= 15 is 0 Å². The molecule has 3 aromatic rings. The van der Waals surface area contributed by atoms with Crippen molar-refractivity contribution in [2.45, 2.75) is 51.6 Å². The van der Waals surface area contributed by atoms with Crippen molar-refractivity contribution >= 4 is 21.4 Å². The van der Waals surface area contributed by atoms with Gasteiger partial charge in [0.05, 0.1) is 5.56 Å². The highest BCUT2D eigenvalue weighted by molar-refractivity contribution is 7.19. The average Bonchev–Trinajstić information content (AvgIpc) is 3.06. The summed E-state index contributed by atoms with van der Waals surface area (Å²) in [5.41, 5.74) is 2.65. The van der Waals surface area contributed by atoms with E-state index in [0.29, 0.717) is 0 Å². The zero-order valence-corrected chi connectivity index (χ0v) is 18.2. The van der Waals surface area contributed by atoms with E-state index in [1.165, 1.54) is 74.1 Å². The molecule has 160 valence electrons. The predicted octanol–water partition coefficient (Wildman–Crippen LogP) is 7.70. The largest absolute Gasteiger partial charge is 0.416 e. The minimum absolute atomic E-state index is 0.602. The zero-order valence-electron chi connectivity index (χ0n) is 17.4. The molecule has 1 aliphatic heterocycles. The Labute approximate surface area is 180 Å². The summed E-state index contributed by atoms with van der Waals surface area (Å²) in [5.74, 6) is 0. The van der Waals surface area contributed by atoms with Crippen LogP contribution in [-0.2, 0) is 12.6 Å². The van der Waals surface area contributed by atoms with Crippen LogP contribution in [0.2, 0.25) is 0 Å². The number of rotatable bonds is 6. The maximum atomic E-state index is 12.9. The molecule has 0 unspecified atom stereocenters. The van der Waals surface area contributed by atoms with Crippen LogP contribution in [0.1, 0.15) is 48.1 Å². The first kappa shape index (κ1) is 21.4. The lowest BCUT2D eigenvalue weighted by molar-refractivity contribution is -0.137. The number of thiophene rings is 1. The summed E-state index contributed by atoms with van der Waals surface area (Å²) in [6.07, 6.45) is 3.27. The van der Waals surface area contributed by atoms with Crippen LogP contribution in [0.15, 0.2) is 42.5 Å². The molecule has 0 N–H and O–H groups in total. The maximum Gasteiger partial charge on any atom is 0.416 e. The summed E-state index contributed by atoms with van der Waals surface area (Å²) in [5, 5.41) is 1.13. The summed E-state index contributed by atoms with van der Waals surface area (Å²) in [7, 11) is 0. The van der Waals surface area contributed by atoms with Gasteiger partial charge in [-0.15, -0.1) is 11.3 Å². The molecule has 2 aromatic carbocycles. The topological polar surface area (TPSA) is 3.24 Å². The highest BCUT2D eigenvalue weighted by Crippen LogP contribution is 2.40. The molecule has 2 heterocycles. The van der Waals surface area contributed by atoms with E-state index in [4.69, 9.17) is 0 Å². The SMILES string of the molecule is Cc1sc2cc(CCCCN3CCCCC3)ccc2c1-c1ccc(C(F)(F)F)cc1. The van der Waals surface area contributed by atoms with Crippen molar-refractivity contribution in [2.24, 2.45) is 0 Å². The van der Waals surface area contributed by atoms with E-state index in [9.17, 15) is 13.2 Å². The van der Waals surface area contributed by atoms with E-state index in [0.717, 1.165) is 27.8 Å². The Balaban J connectivity index is 1.44. The molecular weight excluding hydrogens is 403 g/mol. The van der Waals surface area contributed by atoms with Gasteiger partial charge in [-0.05, 0) is 88.0 Å². The number of aryl methyl sites for hydroxylation is 2. The van der Waals surface area contributed by atoms with Gasteiger partial charge in [-0.3, -0.25) is 0 Å². The molecule has 0 saturated carbocycles. The molecule has 4 rings (SSSR count). The van der Waals surface area contributed by atoms with Crippen LogP contribution in [0.3, 0.4) is 0 Å². The molecule has 1 aliphatic rings. The van der Waals surface area contributed by atoms with Crippen LogP contribution in [0.25, 0.3) is 21.2 Å². The van der Waals surface area contributed by atoms with Crippen molar-refractivity contribution in [3.8, 4) is 11.1 Å². The number of alkyl halides is 3. The van der Waals surface area contributed by atoms with Crippen molar-refractivity contribution in [1.29, 1.82) is 0 Å². The van der Waals surface area contributed by atoms with Gasteiger partial charge in [-0.25, -0.2) is 0 Å². The van der Waals surface area contributed by atoms with E-state index in [1.54, 1.807) is 23.5 Å². The third kappa shape index (κ3) is 4.89. The minimum atomic E-state index is -4.30. The number of nitrogens with zero attached hydrogens (tertiary/aromatic N) is 1. The van der Waals surface area contributed by atoms with Crippen LogP contribution in [0.5, 0.6) is 0 Å². The zero-order chi connectivity index (χ0) is 21.1. The first-order chi connectivity index (χ1) is 14.4. The van der Waals surface area contributed by atoms with Crippen LogP contribution in [0, 0.1) is 6.92 Å². The normalized spacial score (nSPS) is 15.7. The Bertz CT molecular complexity index is 982. The fraction of sp³-hybridized carbons (Fsp3) is 0.440. The third-order valence-electron chi connectivity index (χ3n) is 6.07. The lowest BCUT2D eigenvalue weighted by Gasteiger charge is -2.26. The summed E-state index contributed by atoms with van der Waals surface area (Å²) < 4.78 is 39.8. The van der Waals surface area contributed by atoms with Crippen molar-refractivity contribution in [1.82, 2.24) is 4.90 Å². The highest BCUT2D eigenvalue weighted by atomic mass is 32.1. The number of halogens is 3. The van der Waals surface area contributed by atoms with Gasteiger partial charge in [-0.1, -0.05) is 30.7 Å². The summed E-state index contributed by atoms with van der Waals surface area (Å²) in [4.78, 5) is 3.73. The van der Waals surface area contributed by atoms with Crippen molar-refractivity contribution in [2.75, 3.05) is 19.6 Å². The number of hydrogen-bond donors (Lipinski definition) is 0. The maximum absolute atomic E-state index is 12.9. The van der Waals surface area contributed by atoms with Gasteiger partial charge in [0.1, 0.15) is 0 Å². The monoisotopic (exact) mass is 431 g/mol. The Morgan fingerprint density at radius 3 is 2.37 bits per heavy atom. The first-order valence-corrected chi connectivity index (χ1v) is 11.7. The van der Waals surface area contributed by atoms with Crippen molar-refractivity contribution in [3.05, 3.63) is 58.5 Å². The second-order valence-corrected chi connectivity index (χ2v) is 9.55. The summed E-state index contributed by atoms with van der Waals surface area (Å²) >= 11 is 1.73. The van der Waals surface area contributed by atoms with E-state index in [1.807, 2.05) is 0 Å².